The molecule has 0 saturated carbocycles. The number of piperazine rings is 1. The summed E-state index contributed by atoms with van der Waals surface area (Å²) in [5.41, 5.74) is 3.46. The van der Waals surface area contributed by atoms with Crippen LogP contribution in [0, 0.1) is 0 Å². The zero-order chi connectivity index (χ0) is 28.6. The van der Waals surface area contributed by atoms with E-state index in [4.69, 9.17) is 32.9 Å². The second kappa shape index (κ2) is 11.3. The summed E-state index contributed by atoms with van der Waals surface area (Å²) in [5.74, 6) is 0.344. The molecule has 212 valence electrons. The number of hydrogen-bond acceptors (Lipinski definition) is 9. The molecular weight excluding hydrogens is 575 g/mol. The van der Waals surface area contributed by atoms with Gasteiger partial charge in [-0.2, -0.15) is 9.78 Å². The Morgan fingerprint density at radius 2 is 1.62 bits per heavy atom. The standard InChI is InChI=1S/C30H26Cl2N8O2/c31-24-2-1-3-25(32)28(24)40-29(41)23-16-34-30(36-27(23)26(37-40)19-8-10-33-11-9-19)35-20-4-6-21(7-5-20)38-12-14-39(15-13-38)22-17-42-18-22/h1-11,16,22H,12-15,17-18H2,(H,34,35,36). The fourth-order valence-corrected chi connectivity index (χ4v) is 5.85. The average Bonchev–Trinajstić information content (AvgIpc) is 2.98. The lowest BCUT2D eigenvalue weighted by Crippen LogP contribution is -2.56. The number of aromatic nitrogens is 5. The largest absolute Gasteiger partial charge is 0.378 e. The molecule has 0 spiro atoms. The molecule has 42 heavy (non-hydrogen) atoms. The topological polar surface area (TPSA) is 101 Å². The summed E-state index contributed by atoms with van der Waals surface area (Å²) in [7, 11) is 0. The van der Waals surface area contributed by atoms with Crippen LogP contribution in [0.3, 0.4) is 0 Å². The Bertz CT molecular complexity index is 1780. The molecule has 0 radical (unpaired) electrons. The van der Waals surface area contributed by atoms with E-state index in [9.17, 15) is 4.79 Å². The van der Waals surface area contributed by atoms with Crippen molar-refractivity contribution in [1.29, 1.82) is 0 Å². The third kappa shape index (κ3) is 5.07. The van der Waals surface area contributed by atoms with E-state index in [1.807, 2.05) is 12.1 Å². The van der Waals surface area contributed by atoms with Gasteiger partial charge in [-0.15, -0.1) is 0 Å². The van der Waals surface area contributed by atoms with E-state index in [0.717, 1.165) is 50.6 Å². The van der Waals surface area contributed by atoms with Crippen molar-refractivity contribution in [2.75, 3.05) is 49.6 Å². The molecule has 2 aliphatic heterocycles. The van der Waals surface area contributed by atoms with Crippen LogP contribution >= 0.6 is 23.2 Å². The highest BCUT2D eigenvalue weighted by Crippen LogP contribution is 2.30. The molecule has 0 bridgehead atoms. The highest BCUT2D eigenvalue weighted by Gasteiger charge is 2.29. The number of nitrogens with one attached hydrogen (secondary N) is 1. The summed E-state index contributed by atoms with van der Waals surface area (Å²) < 4.78 is 6.55. The minimum Gasteiger partial charge on any atom is -0.378 e. The first-order chi connectivity index (χ1) is 20.5. The first kappa shape index (κ1) is 26.8. The SMILES string of the molecule is O=c1c2cnc(Nc3ccc(N4CCN(C5COC5)CC4)cc3)nc2c(-c2ccncc2)nn1-c1c(Cl)cccc1Cl. The molecule has 2 saturated heterocycles. The van der Waals surface area contributed by atoms with Gasteiger partial charge in [0.15, 0.2) is 0 Å². The second-order valence-electron chi connectivity index (χ2n) is 10.2. The molecule has 2 fully saturated rings. The molecule has 5 heterocycles. The van der Waals surface area contributed by atoms with Crippen LogP contribution in [0.1, 0.15) is 0 Å². The molecule has 0 atom stereocenters. The molecule has 2 aromatic carbocycles. The number of halogens is 2. The Hall–Kier alpha value is -4.09. The smallest absolute Gasteiger partial charge is 0.282 e. The van der Waals surface area contributed by atoms with Gasteiger partial charge in [-0.1, -0.05) is 29.3 Å². The maximum absolute atomic E-state index is 13.6. The van der Waals surface area contributed by atoms with E-state index in [0.29, 0.717) is 38.9 Å². The molecule has 10 nitrogen and oxygen atoms in total. The molecular formula is C30H26Cl2N8O2. The average molecular weight is 601 g/mol. The number of para-hydroxylation sites is 1. The fraction of sp³-hybridized carbons (Fsp3) is 0.233. The van der Waals surface area contributed by atoms with Gasteiger partial charge in [-0.05, 0) is 48.5 Å². The van der Waals surface area contributed by atoms with Crippen molar-refractivity contribution in [3.8, 4) is 16.9 Å². The van der Waals surface area contributed by atoms with Crippen LogP contribution in [0.4, 0.5) is 17.3 Å². The van der Waals surface area contributed by atoms with Crippen LogP contribution in [-0.2, 0) is 4.74 Å². The van der Waals surface area contributed by atoms with E-state index in [-0.39, 0.29) is 5.39 Å². The molecule has 7 rings (SSSR count). The lowest BCUT2D eigenvalue weighted by molar-refractivity contribution is -0.0660. The van der Waals surface area contributed by atoms with Gasteiger partial charge in [0.2, 0.25) is 5.95 Å². The Kier molecular flexibility index (Phi) is 7.20. The summed E-state index contributed by atoms with van der Waals surface area (Å²) in [4.78, 5) is 31.8. The molecule has 5 aromatic rings. The van der Waals surface area contributed by atoms with Crippen molar-refractivity contribution in [3.05, 3.63) is 93.6 Å². The summed E-state index contributed by atoms with van der Waals surface area (Å²) in [6, 6.07) is 17.4. The molecule has 0 unspecified atom stereocenters. The lowest BCUT2D eigenvalue weighted by Gasteiger charge is -2.43. The van der Waals surface area contributed by atoms with Crippen LogP contribution in [0.5, 0.6) is 0 Å². The van der Waals surface area contributed by atoms with Crippen molar-refractivity contribution in [1.82, 2.24) is 29.6 Å². The molecule has 0 aliphatic carbocycles. The highest BCUT2D eigenvalue weighted by atomic mass is 35.5. The van der Waals surface area contributed by atoms with E-state index in [1.54, 1.807) is 42.7 Å². The number of fused-ring (bicyclic) bond motifs is 1. The van der Waals surface area contributed by atoms with Crippen molar-refractivity contribution < 1.29 is 4.74 Å². The van der Waals surface area contributed by atoms with Gasteiger partial charge < -0.3 is 15.0 Å². The Balaban J connectivity index is 1.19. The van der Waals surface area contributed by atoms with Gasteiger partial charge in [0.25, 0.3) is 5.56 Å². The van der Waals surface area contributed by atoms with E-state index in [2.05, 4.69) is 42.3 Å². The van der Waals surface area contributed by atoms with E-state index in [1.165, 1.54) is 16.6 Å². The summed E-state index contributed by atoms with van der Waals surface area (Å²) >= 11 is 12.9. The van der Waals surface area contributed by atoms with Gasteiger partial charge in [-0.3, -0.25) is 14.7 Å². The van der Waals surface area contributed by atoms with Crippen molar-refractivity contribution in [3.63, 3.8) is 0 Å². The fourth-order valence-electron chi connectivity index (χ4n) is 5.30. The van der Waals surface area contributed by atoms with Gasteiger partial charge >= 0.3 is 0 Å². The van der Waals surface area contributed by atoms with Crippen molar-refractivity contribution >= 4 is 51.4 Å². The molecule has 1 N–H and O–H groups in total. The monoisotopic (exact) mass is 600 g/mol. The first-order valence-electron chi connectivity index (χ1n) is 13.6. The number of anilines is 3. The zero-order valence-electron chi connectivity index (χ0n) is 22.5. The Labute approximate surface area is 251 Å². The molecule has 3 aromatic heterocycles. The van der Waals surface area contributed by atoms with Crippen LogP contribution in [0.15, 0.2) is 78.0 Å². The third-order valence-electron chi connectivity index (χ3n) is 7.68. The van der Waals surface area contributed by atoms with Crippen LogP contribution in [0.2, 0.25) is 10.0 Å². The van der Waals surface area contributed by atoms with Crippen LogP contribution in [-0.4, -0.2) is 75.1 Å². The van der Waals surface area contributed by atoms with Gasteiger partial charge in [-0.25, -0.2) is 9.97 Å². The maximum Gasteiger partial charge on any atom is 0.282 e. The maximum atomic E-state index is 13.6. The molecule has 12 heteroatoms. The lowest BCUT2D eigenvalue weighted by atomic mass is 10.1. The highest BCUT2D eigenvalue weighted by molar-refractivity contribution is 6.37. The number of nitrogens with zero attached hydrogens (tertiary/aromatic N) is 7. The summed E-state index contributed by atoms with van der Waals surface area (Å²) in [6.07, 6.45) is 4.82. The second-order valence-corrected chi connectivity index (χ2v) is 11.0. The minimum absolute atomic E-state index is 0.279. The summed E-state index contributed by atoms with van der Waals surface area (Å²) in [5, 5.41) is 8.83. The van der Waals surface area contributed by atoms with Gasteiger partial charge in [0, 0.05) is 61.7 Å². The molecule has 0 amide bonds. The number of rotatable bonds is 6. The molecule has 2 aliphatic rings. The predicted molar refractivity (Wildman–Crippen MR) is 164 cm³/mol. The Morgan fingerprint density at radius 3 is 2.29 bits per heavy atom. The Morgan fingerprint density at radius 1 is 0.905 bits per heavy atom. The number of ether oxygens (including phenoxy) is 1. The van der Waals surface area contributed by atoms with E-state index < -0.39 is 5.56 Å². The van der Waals surface area contributed by atoms with Crippen LogP contribution in [0.25, 0.3) is 27.8 Å². The van der Waals surface area contributed by atoms with Gasteiger partial charge in [0.1, 0.15) is 16.9 Å². The number of benzene rings is 2. The quantitative estimate of drug-likeness (QED) is 0.294. The third-order valence-corrected chi connectivity index (χ3v) is 8.29. The van der Waals surface area contributed by atoms with Crippen LogP contribution < -0.4 is 15.8 Å². The van der Waals surface area contributed by atoms with Crippen molar-refractivity contribution in [2.45, 2.75) is 6.04 Å². The van der Waals surface area contributed by atoms with Crippen molar-refractivity contribution in [2.24, 2.45) is 0 Å². The number of hydrogen-bond donors (Lipinski definition) is 1. The van der Waals surface area contributed by atoms with E-state index >= 15 is 0 Å². The minimum atomic E-state index is -0.432. The number of pyridine rings is 1. The normalized spacial score (nSPS) is 16.0. The zero-order valence-corrected chi connectivity index (χ0v) is 24.0. The first-order valence-corrected chi connectivity index (χ1v) is 14.4. The van der Waals surface area contributed by atoms with Gasteiger partial charge in [0.05, 0.1) is 34.7 Å². The predicted octanol–water partition coefficient (Wildman–Crippen LogP) is 4.81. The summed E-state index contributed by atoms with van der Waals surface area (Å²) in [6.45, 7) is 5.75.